The number of anilines is 1. The second-order valence-electron chi connectivity index (χ2n) is 10.7. The van der Waals surface area contributed by atoms with Crippen molar-refractivity contribution in [1.82, 2.24) is 9.88 Å². The van der Waals surface area contributed by atoms with E-state index in [1.165, 1.54) is 4.90 Å². The Kier molecular flexibility index (Phi) is 7.54. The van der Waals surface area contributed by atoms with Crippen LogP contribution in [0.5, 0.6) is 17.2 Å². The number of piperidine rings is 1. The summed E-state index contributed by atoms with van der Waals surface area (Å²) in [5.41, 5.74) is 3.93. The molecule has 1 aliphatic carbocycles. The quantitative estimate of drug-likeness (QED) is 0.325. The smallest absolute Gasteiger partial charge is 0.413 e. The predicted molar refractivity (Wildman–Crippen MR) is 151 cm³/mol. The maximum Gasteiger partial charge on any atom is 0.413 e. The standard InChI is InChI=1S/C31H33N3O7/c1-38-22-11-9-20(10-12-22)17-40-27-6-2-5-26(39-16-19-7-8-19)28(27)25-14-23(21-4-3-13-34(15-21)31(36)37)24-18-41-30(35)33-29(24)32-25/h2,5-6,9-12,14,19,21H,3-4,7-8,13,15-18H2,1H3,(H,36,37)(H,32,33,35)/t21-/m1/s1. The van der Waals surface area contributed by atoms with Crippen LogP contribution in [0.15, 0.2) is 48.5 Å². The summed E-state index contributed by atoms with van der Waals surface area (Å²) in [7, 11) is 1.63. The SMILES string of the molecule is COc1ccc(COc2cccc(OCC3CC3)c2-c2cc([C@@H]3CCCN(C(=O)O)C3)c3c(n2)NC(=O)OC3)cc1. The summed E-state index contributed by atoms with van der Waals surface area (Å²) in [6, 6.07) is 15.4. The highest BCUT2D eigenvalue weighted by Gasteiger charge is 2.31. The minimum atomic E-state index is -0.935. The topological polar surface area (TPSA) is 119 Å². The van der Waals surface area contributed by atoms with Gasteiger partial charge in [-0.05, 0) is 73.1 Å². The summed E-state index contributed by atoms with van der Waals surface area (Å²) < 4.78 is 23.2. The summed E-state index contributed by atoms with van der Waals surface area (Å²) in [5.74, 6) is 2.90. The fraction of sp³-hybridized carbons (Fsp3) is 0.387. The van der Waals surface area contributed by atoms with Crippen LogP contribution >= 0.6 is 0 Å². The Labute approximate surface area is 238 Å². The largest absolute Gasteiger partial charge is 0.497 e. The lowest BCUT2D eigenvalue weighted by molar-refractivity contribution is 0.130. The number of fused-ring (bicyclic) bond motifs is 1. The van der Waals surface area contributed by atoms with E-state index in [0.29, 0.717) is 60.8 Å². The number of carbonyl (C=O) groups excluding carboxylic acids is 1. The highest BCUT2D eigenvalue weighted by atomic mass is 16.6. The number of pyridine rings is 1. The molecule has 0 bridgehead atoms. The first kappa shape index (κ1) is 26.7. The average molecular weight is 560 g/mol. The van der Waals surface area contributed by atoms with Crippen LogP contribution in [0.25, 0.3) is 11.3 Å². The van der Waals surface area contributed by atoms with E-state index in [2.05, 4.69) is 5.32 Å². The molecule has 10 nitrogen and oxygen atoms in total. The number of cyclic esters (lactones) is 1. The molecule has 1 atom stereocenters. The lowest BCUT2D eigenvalue weighted by Crippen LogP contribution is -2.38. The molecule has 2 aliphatic heterocycles. The van der Waals surface area contributed by atoms with E-state index in [0.717, 1.165) is 48.1 Å². The van der Waals surface area contributed by atoms with Gasteiger partial charge in [0, 0.05) is 24.6 Å². The Bertz CT molecular complexity index is 1440. The maximum absolute atomic E-state index is 12.2. The zero-order chi connectivity index (χ0) is 28.3. The molecular weight excluding hydrogens is 526 g/mol. The van der Waals surface area contributed by atoms with Crippen molar-refractivity contribution < 1.29 is 33.6 Å². The van der Waals surface area contributed by atoms with Gasteiger partial charge in [0.15, 0.2) is 0 Å². The minimum Gasteiger partial charge on any atom is -0.497 e. The van der Waals surface area contributed by atoms with E-state index >= 15 is 0 Å². The Morgan fingerprint density at radius 1 is 1.12 bits per heavy atom. The lowest BCUT2D eigenvalue weighted by atomic mass is 9.87. The van der Waals surface area contributed by atoms with Crippen LogP contribution in [0.4, 0.5) is 15.4 Å². The molecule has 2 aromatic carbocycles. The Hall–Kier alpha value is -4.47. The molecule has 41 heavy (non-hydrogen) atoms. The molecule has 0 unspecified atom stereocenters. The number of nitrogens with one attached hydrogen (secondary N) is 1. The van der Waals surface area contributed by atoms with Crippen LogP contribution in [-0.4, -0.2) is 54.0 Å². The average Bonchev–Trinajstić information content (AvgIpc) is 3.83. The molecule has 3 aromatic rings. The normalized spacial score (nSPS) is 18.1. The van der Waals surface area contributed by atoms with Crippen molar-refractivity contribution >= 4 is 18.0 Å². The number of amides is 2. The van der Waals surface area contributed by atoms with Gasteiger partial charge in [-0.15, -0.1) is 0 Å². The minimum absolute atomic E-state index is 0.0721. The third-order valence-electron chi connectivity index (χ3n) is 7.83. The van der Waals surface area contributed by atoms with Gasteiger partial charge in [-0.3, -0.25) is 5.32 Å². The number of aromatic nitrogens is 1. The number of benzene rings is 2. The zero-order valence-electron chi connectivity index (χ0n) is 22.9. The van der Waals surface area contributed by atoms with Crippen LogP contribution in [0.1, 0.15) is 48.3 Å². The zero-order valence-corrected chi connectivity index (χ0v) is 22.9. The van der Waals surface area contributed by atoms with Crippen LogP contribution in [-0.2, 0) is 18.0 Å². The first-order chi connectivity index (χ1) is 20.0. The van der Waals surface area contributed by atoms with E-state index in [4.69, 9.17) is 23.9 Å². The van der Waals surface area contributed by atoms with Crippen molar-refractivity contribution in [3.63, 3.8) is 0 Å². The number of likely N-dealkylation sites (tertiary alicyclic amines) is 1. The molecule has 1 aromatic heterocycles. The fourth-order valence-corrected chi connectivity index (χ4v) is 5.39. The molecule has 2 N–H and O–H groups in total. The van der Waals surface area contributed by atoms with Gasteiger partial charge in [0.2, 0.25) is 0 Å². The Morgan fingerprint density at radius 3 is 2.63 bits per heavy atom. The summed E-state index contributed by atoms with van der Waals surface area (Å²) in [6.45, 7) is 1.86. The van der Waals surface area contributed by atoms with Gasteiger partial charge in [-0.1, -0.05) is 18.2 Å². The number of carboxylic acid groups (broad SMARTS) is 1. The van der Waals surface area contributed by atoms with Crippen LogP contribution < -0.4 is 19.5 Å². The van der Waals surface area contributed by atoms with Crippen molar-refractivity contribution in [2.75, 3.05) is 32.1 Å². The van der Waals surface area contributed by atoms with E-state index in [1.54, 1.807) is 7.11 Å². The second kappa shape index (κ2) is 11.6. The number of hydrogen-bond donors (Lipinski definition) is 2. The van der Waals surface area contributed by atoms with E-state index in [-0.39, 0.29) is 12.5 Å². The molecule has 0 spiro atoms. The monoisotopic (exact) mass is 559 g/mol. The fourth-order valence-electron chi connectivity index (χ4n) is 5.39. The van der Waals surface area contributed by atoms with Gasteiger partial charge < -0.3 is 29.0 Å². The van der Waals surface area contributed by atoms with Crippen molar-refractivity contribution in [3.05, 3.63) is 65.2 Å². The molecule has 2 amide bonds. The lowest BCUT2D eigenvalue weighted by Gasteiger charge is -2.33. The molecule has 3 heterocycles. The van der Waals surface area contributed by atoms with Crippen molar-refractivity contribution in [2.24, 2.45) is 5.92 Å². The van der Waals surface area contributed by atoms with Crippen molar-refractivity contribution in [1.29, 1.82) is 0 Å². The van der Waals surface area contributed by atoms with Gasteiger partial charge in [0.25, 0.3) is 0 Å². The van der Waals surface area contributed by atoms with E-state index < -0.39 is 12.2 Å². The first-order valence-electron chi connectivity index (χ1n) is 14.0. The van der Waals surface area contributed by atoms with Crippen LogP contribution in [0.3, 0.4) is 0 Å². The predicted octanol–water partition coefficient (Wildman–Crippen LogP) is 6.04. The number of carbonyl (C=O) groups is 2. The second-order valence-corrected chi connectivity index (χ2v) is 10.7. The third-order valence-corrected chi connectivity index (χ3v) is 7.83. The van der Waals surface area contributed by atoms with Crippen molar-refractivity contribution in [2.45, 2.75) is 44.8 Å². The number of rotatable bonds is 9. The molecule has 2 fully saturated rings. The molecule has 10 heteroatoms. The van der Waals surface area contributed by atoms with Gasteiger partial charge in [0.1, 0.15) is 36.3 Å². The molecule has 1 saturated carbocycles. The maximum atomic E-state index is 12.2. The molecular formula is C31H33N3O7. The number of ether oxygens (including phenoxy) is 4. The van der Waals surface area contributed by atoms with Gasteiger partial charge in [-0.25, -0.2) is 14.6 Å². The third kappa shape index (κ3) is 6.01. The molecule has 0 radical (unpaired) electrons. The van der Waals surface area contributed by atoms with E-state index in [1.807, 2.05) is 48.5 Å². The van der Waals surface area contributed by atoms with E-state index in [9.17, 15) is 14.7 Å². The molecule has 214 valence electrons. The number of hydrogen-bond acceptors (Lipinski definition) is 7. The van der Waals surface area contributed by atoms with Crippen molar-refractivity contribution in [3.8, 4) is 28.5 Å². The summed E-state index contributed by atoms with van der Waals surface area (Å²) in [5, 5.41) is 12.4. The highest BCUT2D eigenvalue weighted by Crippen LogP contribution is 2.43. The highest BCUT2D eigenvalue weighted by molar-refractivity contribution is 5.88. The summed E-state index contributed by atoms with van der Waals surface area (Å²) in [4.78, 5) is 30.3. The molecule has 6 rings (SSSR count). The number of nitrogens with zero attached hydrogens (tertiary/aromatic N) is 2. The number of methoxy groups -OCH3 is 1. The van der Waals surface area contributed by atoms with Gasteiger partial charge in [0.05, 0.1) is 25.0 Å². The molecule has 1 saturated heterocycles. The van der Waals surface area contributed by atoms with Gasteiger partial charge >= 0.3 is 12.2 Å². The summed E-state index contributed by atoms with van der Waals surface area (Å²) >= 11 is 0. The first-order valence-corrected chi connectivity index (χ1v) is 14.0. The van der Waals surface area contributed by atoms with Crippen LogP contribution in [0.2, 0.25) is 0 Å². The summed E-state index contributed by atoms with van der Waals surface area (Å²) in [6.07, 6.45) is 2.35. The Balaban J connectivity index is 1.40. The Morgan fingerprint density at radius 2 is 1.90 bits per heavy atom. The van der Waals surface area contributed by atoms with Crippen LogP contribution in [0, 0.1) is 5.92 Å². The molecule has 3 aliphatic rings. The van der Waals surface area contributed by atoms with Gasteiger partial charge in [-0.2, -0.15) is 0 Å².